The first kappa shape index (κ1) is 43.8. The minimum atomic E-state index is -0.992. The zero-order valence-corrected chi connectivity index (χ0v) is 33.5. The molecule has 0 radical (unpaired) electrons. The van der Waals surface area contributed by atoms with Crippen LogP contribution in [-0.2, 0) is 43.5 Å². The lowest BCUT2D eigenvalue weighted by Crippen LogP contribution is -2.48. The molecule has 0 spiro atoms. The van der Waals surface area contributed by atoms with Gasteiger partial charge < -0.3 is 42.0 Å². The van der Waals surface area contributed by atoms with Crippen LogP contribution in [0.1, 0.15) is 65.7 Å². The molecule has 1 aliphatic rings. The average molecular weight is 816 g/mol. The lowest BCUT2D eigenvalue weighted by Gasteiger charge is -2.22. The first-order valence-corrected chi connectivity index (χ1v) is 19.6. The Balaban J connectivity index is 1.19. The van der Waals surface area contributed by atoms with Gasteiger partial charge in [-0.05, 0) is 65.9 Å². The third-order valence-electron chi connectivity index (χ3n) is 9.17. The predicted octanol–water partition coefficient (Wildman–Crippen LogP) is 4.60. The number of hydrogen-bond donors (Lipinski definition) is 6. The van der Waals surface area contributed by atoms with Crippen LogP contribution in [0.2, 0.25) is 0 Å². The monoisotopic (exact) mass is 815 g/mol. The van der Waals surface area contributed by atoms with E-state index in [1.165, 1.54) is 6.20 Å². The molecule has 1 atom stereocenters. The van der Waals surface area contributed by atoms with Crippen molar-refractivity contribution in [3.63, 3.8) is 0 Å². The molecule has 1 aliphatic heterocycles. The van der Waals surface area contributed by atoms with Gasteiger partial charge in [-0.25, -0.2) is 9.79 Å². The fourth-order valence-corrected chi connectivity index (χ4v) is 6.31. The van der Waals surface area contributed by atoms with Crippen LogP contribution >= 0.6 is 0 Å². The Morgan fingerprint density at radius 1 is 0.867 bits per heavy atom. The first-order chi connectivity index (χ1) is 29.0. The van der Waals surface area contributed by atoms with Gasteiger partial charge in [-0.15, -0.1) is 0 Å². The fraction of sp³-hybridized carbons (Fsp3) is 0.273. The molecule has 16 nitrogen and oxygen atoms in total. The van der Waals surface area contributed by atoms with Gasteiger partial charge in [0.2, 0.25) is 24.1 Å². The van der Waals surface area contributed by atoms with Gasteiger partial charge in [-0.2, -0.15) is 0 Å². The largest absolute Gasteiger partial charge is 0.445 e. The van der Waals surface area contributed by atoms with Gasteiger partial charge in [-0.3, -0.25) is 29.0 Å². The van der Waals surface area contributed by atoms with E-state index in [0.29, 0.717) is 64.4 Å². The van der Waals surface area contributed by atoms with E-state index in [2.05, 4.69) is 36.6 Å². The number of aliphatic imine (C=N–C) groups is 1. The number of amides is 6. The zero-order valence-electron chi connectivity index (χ0n) is 33.5. The molecule has 16 heteroatoms. The Kier molecular flexibility index (Phi) is 16.0. The van der Waals surface area contributed by atoms with Crippen molar-refractivity contribution >= 4 is 65.1 Å². The minimum Gasteiger partial charge on any atom is -0.445 e. The molecule has 6 amide bonds. The Labute approximate surface area is 348 Å². The van der Waals surface area contributed by atoms with Gasteiger partial charge in [0.1, 0.15) is 18.5 Å². The van der Waals surface area contributed by atoms with Crippen LogP contribution < -0.4 is 32.3 Å². The summed E-state index contributed by atoms with van der Waals surface area (Å²) in [6.07, 6.45) is 6.50. The molecule has 0 saturated carbocycles. The normalized spacial score (nSPS) is 12.2. The second kappa shape index (κ2) is 22.0. The maximum atomic E-state index is 13.5. The number of anilines is 2. The SMILES string of the molecule is CCCN(CCC)C(=O)C1=Cc2ccc(C(=O)Nc3cncc(CNC(=O)C(Cc4ccccc4)NC(=O)OCc4ccc(NC(=O)CNC=O)cc4)c3)cc2N=C(N)C1. The van der Waals surface area contributed by atoms with Crippen molar-refractivity contribution in [2.24, 2.45) is 10.7 Å². The molecule has 3 aromatic carbocycles. The number of benzene rings is 3. The van der Waals surface area contributed by atoms with Crippen molar-refractivity contribution in [2.75, 3.05) is 30.3 Å². The van der Waals surface area contributed by atoms with Gasteiger partial charge in [0.25, 0.3) is 5.91 Å². The number of carbonyl (C=O) groups excluding carboxylic acids is 6. The van der Waals surface area contributed by atoms with Gasteiger partial charge in [0.15, 0.2) is 0 Å². The second-order valence-electron chi connectivity index (χ2n) is 14.0. The van der Waals surface area contributed by atoms with Crippen molar-refractivity contribution in [2.45, 2.75) is 58.7 Å². The van der Waals surface area contributed by atoms with E-state index in [1.807, 2.05) is 49.1 Å². The number of pyridine rings is 1. The molecule has 0 aliphatic carbocycles. The molecule has 0 saturated heterocycles. The van der Waals surface area contributed by atoms with Crippen LogP contribution in [0.5, 0.6) is 0 Å². The first-order valence-electron chi connectivity index (χ1n) is 19.6. The third kappa shape index (κ3) is 13.1. The van der Waals surface area contributed by atoms with Crippen molar-refractivity contribution < 1.29 is 33.5 Å². The highest BCUT2D eigenvalue weighted by Crippen LogP contribution is 2.29. The highest BCUT2D eigenvalue weighted by atomic mass is 16.5. The standard InChI is InChI=1S/C44H49N9O7/c1-3-16-53(17-4-2)43(58)34-20-32-12-13-33(21-37(32)51-39(45)22-34)41(56)50-36-18-31(23-46-25-36)24-48-42(57)38(19-29-8-6-5-7-9-29)52-44(59)60-27-30-10-14-35(15-11-30)49-40(55)26-47-28-54/h5-15,18,20-21,23,25,28,38H,3-4,16-17,19,22,24,26-27H2,1-2H3,(H2,45,51)(H,47,54)(H,48,57)(H,49,55)(H,50,56)(H,52,59). The predicted molar refractivity (Wildman–Crippen MR) is 228 cm³/mol. The van der Waals surface area contributed by atoms with E-state index < -0.39 is 29.9 Å². The number of hydrogen-bond acceptors (Lipinski definition) is 10. The van der Waals surface area contributed by atoms with E-state index in [1.54, 1.807) is 60.8 Å². The Hall–Kier alpha value is -7.36. The second-order valence-corrected chi connectivity index (χ2v) is 14.0. The minimum absolute atomic E-state index is 0.0415. The highest BCUT2D eigenvalue weighted by Gasteiger charge is 2.24. The molecule has 0 bridgehead atoms. The number of alkyl carbamates (subject to hydrolysis) is 1. The molecule has 60 heavy (non-hydrogen) atoms. The maximum absolute atomic E-state index is 13.5. The summed E-state index contributed by atoms with van der Waals surface area (Å²) in [6.45, 7) is 5.13. The van der Waals surface area contributed by atoms with Crippen LogP contribution in [0.15, 0.2) is 102 Å². The van der Waals surface area contributed by atoms with E-state index in [-0.39, 0.29) is 44.3 Å². The summed E-state index contributed by atoms with van der Waals surface area (Å²) >= 11 is 0. The molecule has 7 N–H and O–H groups in total. The molecule has 5 rings (SSSR count). The summed E-state index contributed by atoms with van der Waals surface area (Å²) in [4.78, 5) is 86.0. The zero-order chi connectivity index (χ0) is 42.9. The Bertz CT molecular complexity index is 2220. The van der Waals surface area contributed by atoms with Crippen LogP contribution in [0.3, 0.4) is 0 Å². The van der Waals surface area contributed by atoms with Crippen molar-refractivity contribution in [3.8, 4) is 0 Å². The Morgan fingerprint density at radius 3 is 2.33 bits per heavy atom. The third-order valence-corrected chi connectivity index (χ3v) is 9.17. The number of nitrogens with two attached hydrogens (primary N) is 1. The number of fused-ring (bicyclic) bond motifs is 1. The summed E-state index contributed by atoms with van der Waals surface area (Å²) in [6, 6.07) is 21.5. The van der Waals surface area contributed by atoms with Crippen LogP contribution in [-0.4, -0.2) is 77.5 Å². The molecule has 1 aromatic heterocycles. The number of rotatable bonds is 19. The van der Waals surface area contributed by atoms with Crippen molar-refractivity contribution in [3.05, 3.63) is 125 Å². The fourth-order valence-electron chi connectivity index (χ4n) is 6.31. The number of amidine groups is 1. The molecule has 2 heterocycles. The number of aromatic nitrogens is 1. The molecule has 1 unspecified atom stereocenters. The topological polar surface area (TPSA) is 226 Å². The number of nitrogens with one attached hydrogen (secondary N) is 5. The summed E-state index contributed by atoms with van der Waals surface area (Å²) < 4.78 is 5.41. The van der Waals surface area contributed by atoms with E-state index in [9.17, 15) is 28.8 Å². The smallest absolute Gasteiger partial charge is 0.408 e. The van der Waals surface area contributed by atoms with Crippen molar-refractivity contribution in [1.29, 1.82) is 0 Å². The molecular weight excluding hydrogens is 767 g/mol. The number of carbonyl (C=O) groups is 6. The number of nitrogens with zero attached hydrogens (tertiary/aromatic N) is 3. The Morgan fingerprint density at radius 2 is 1.62 bits per heavy atom. The van der Waals surface area contributed by atoms with E-state index >= 15 is 0 Å². The molecule has 312 valence electrons. The van der Waals surface area contributed by atoms with Crippen LogP contribution in [0.4, 0.5) is 21.9 Å². The summed E-state index contributed by atoms with van der Waals surface area (Å²) in [5.74, 6) is -1.09. The lowest BCUT2D eigenvalue weighted by molar-refractivity contribution is -0.127. The summed E-state index contributed by atoms with van der Waals surface area (Å²) in [7, 11) is 0. The quantitative estimate of drug-likeness (QED) is 0.0727. The van der Waals surface area contributed by atoms with Gasteiger partial charge >= 0.3 is 6.09 Å². The highest BCUT2D eigenvalue weighted by molar-refractivity contribution is 6.08. The lowest BCUT2D eigenvalue weighted by atomic mass is 10.0. The van der Waals surface area contributed by atoms with Crippen LogP contribution in [0.25, 0.3) is 6.08 Å². The molecule has 4 aromatic rings. The van der Waals surface area contributed by atoms with Gasteiger partial charge in [-0.1, -0.05) is 62.4 Å². The van der Waals surface area contributed by atoms with Crippen LogP contribution in [0, 0.1) is 0 Å². The van der Waals surface area contributed by atoms with Gasteiger partial charge in [0, 0.05) is 61.1 Å². The summed E-state index contributed by atoms with van der Waals surface area (Å²) in [5, 5.41) is 13.3. The summed E-state index contributed by atoms with van der Waals surface area (Å²) in [5.41, 5.74) is 11.2. The van der Waals surface area contributed by atoms with E-state index in [4.69, 9.17) is 10.5 Å². The molecular formula is C44H49N9O7. The van der Waals surface area contributed by atoms with E-state index in [0.717, 1.165) is 18.4 Å². The molecule has 0 fully saturated rings. The maximum Gasteiger partial charge on any atom is 0.408 e. The van der Waals surface area contributed by atoms with Gasteiger partial charge in [0.05, 0.1) is 24.1 Å². The number of ether oxygens (including phenoxy) is 1. The van der Waals surface area contributed by atoms with Crippen molar-refractivity contribution in [1.82, 2.24) is 25.8 Å². The average Bonchev–Trinajstić information content (AvgIpc) is 3.42.